The summed E-state index contributed by atoms with van der Waals surface area (Å²) in [6.45, 7) is 3.93. The van der Waals surface area contributed by atoms with Crippen molar-refractivity contribution in [1.82, 2.24) is 10.3 Å². The summed E-state index contributed by atoms with van der Waals surface area (Å²) < 4.78 is 5.71. The van der Waals surface area contributed by atoms with Crippen LogP contribution >= 0.6 is 11.6 Å². The maximum absolute atomic E-state index is 12.8. The number of anilines is 1. The third kappa shape index (κ3) is 4.04. The summed E-state index contributed by atoms with van der Waals surface area (Å²) in [5, 5.41) is 2.52. The molecule has 0 saturated carbocycles. The van der Waals surface area contributed by atoms with E-state index in [0.717, 1.165) is 11.3 Å². The summed E-state index contributed by atoms with van der Waals surface area (Å²) in [4.78, 5) is 41.9. The molecule has 4 amide bonds. The number of hydrogen-bond acceptors (Lipinski definition) is 5. The maximum atomic E-state index is 12.8. The molecule has 1 aliphatic heterocycles. The number of rotatable bonds is 5. The van der Waals surface area contributed by atoms with Crippen molar-refractivity contribution in [1.29, 1.82) is 0 Å². The summed E-state index contributed by atoms with van der Waals surface area (Å²) >= 11 is 6.26. The molecule has 1 unspecified atom stereocenters. The summed E-state index contributed by atoms with van der Waals surface area (Å²) in [5.74, 6) is -0.992. The van der Waals surface area contributed by atoms with Crippen LogP contribution in [-0.2, 0) is 9.59 Å². The Hall–Kier alpha value is -3.19. The van der Waals surface area contributed by atoms with Gasteiger partial charge in [-0.15, -0.1) is 0 Å². The number of ether oxygens (including phenoxy) is 1. The highest BCUT2D eigenvalue weighted by atomic mass is 35.5. The van der Waals surface area contributed by atoms with Crippen LogP contribution in [0.1, 0.15) is 25.8 Å². The molecule has 144 valence electrons. The van der Waals surface area contributed by atoms with Crippen LogP contribution in [0.5, 0.6) is 5.75 Å². The number of hydrogen-bond donors (Lipinski definition) is 1. The van der Waals surface area contributed by atoms with Crippen LogP contribution in [0.3, 0.4) is 0 Å². The first-order valence-corrected chi connectivity index (χ1v) is 9.06. The average molecular weight is 400 g/mol. The normalized spacial score (nSPS) is 16.9. The molecule has 1 aromatic heterocycles. The molecule has 3 rings (SSSR count). The lowest BCUT2D eigenvalue weighted by Crippen LogP contribution is -2.54. The minimum atomic E-state index is -0.824. The van der Waals surface area contributed by atoms with Crippen LogP contribution in [0.15, 0.2) is 48.3 Å². The van der Waals surface area contributed by atoms with E-state index in [1.165, 1.54) is 18.5 Å². The van der Waals surface area contributed by atoms with E-state index in [9.17, 15) is 14.4 Å². The molecule has 7 nitrogen and oxygen atoms in total. The Balaban J connectivity index is 1.92. The van der Waals surface area contributed by atoms with Gasteiger partial charge in [-0.2, -0.15) is 0 Å². The van der Waals surface area contributed by atoms with E-state index in [-0.39, 0.29) is 17.4 Å². The van der Waals surface area contributed by atoms with Gasteiger partial charge >= 0.3 is 6.03 Å². The second-order valence-corrected chi connectivity index (χ2v) is 6.60. The lowest BCUT2D eigenvalue weighted by molar-refractivity contribution is -0.122. The highest BCUT2D eigenvalue weighted by Gasteiger charge is 2.36. The largest absolute Gasteiger partial charge is 0.489 e. The molecule has 1 aromatic carbocycles. The Morgan fingerprint density at radius 2 is 2.07 bits per heavy atom. The summed E-state index contributed by atoms with van der Waals surface area (Å²) in [6.07, 6.45) is 5.10. The number of imide groups is 2. The average Bonchev–Trinajstić information content (AvgIpc) is 2.67. The number of pyridine rings is 1. The van der Waals surface area contributed by atoms with Crippen LogP contribution in [0.4, 0.5) is 10.5 Å². The van der Waals surface area contributed by atoms with Gasteiger partial charge < -0.3 is 4.74 Å². The van der Waals surface area contributed by atoms with Gasteiger partial charge in [-0.05, 0) is 49.2 Å². The first-order chi connectivity index (χ1) is 13.4. The van der Waals surface area contributed by atoms with Crippen molar-refractivity contribution in [3.8, 4) is 5.75 Å². The van der Waals surface area contributed by atoms with Crippen LogP contribution in [-0.4, -0.2) is 28.9 Å². The molecule has 1 atom stereocenters. The van der Waals surface area contributed by atoms with Crippen LogP contribution in [0.25, 0.3) is 6.08 Å². The van der Waals surface area contributed by atoms with Crippen molar-refractivity contribution in [2.75, 3.05) is 4.90 Å². The molecular formula is C20H18ClN3O4. The fraction of sp³-hybridized carbons (Fsp3) is 0.200. The predicted molar refractivity (Wildman–Crippen MR) is 105 cm³/mol. The van der Waals surface area contributed by atoms with Gasteiger partial charge in [0.2, 0.25) is 0 Å². The van der Waals surface area contributed by atoms with Gasteiger partial charge in [-0.3, -0.25) is 19.9 Å². The molecule has 1 N–H and O–H groups in total. The van der Waals surface area contributed by atoms with E-state index in [0.29, 0.717) is 16.3 Å². The summed E-state index contributed by atoms with van der Waals surface area (Å²) in [6, 6.07) is 7.27. The molecule has 0 radical (unpaired) electrons. The summed E-state index contributed by atoms with van der Waals surface area (Å²) in [5.41, 5.74) is 0.606. The van der Waals surface area contributed by atoms with Crippen molar-refractivity contribution in [2.24, 2.45) is 0 Å². The van der Waals surface area contributed by atoms with E-state index < -0.39 is 17.8 Å². The molecule has 2 aromatic rings. The first kappa shape index (κ1) is 19.6. The zero-order valence-corrected chi connectivity index (χ0v) is 16.1. The number of aromatic nitrogens is 1. The number of nitrogens with one attached hydrogen (secondary N) is 1. The standard InChI is InChI=1S/C20H18ClN3O4/c1-3-12(2)28-17-7-6-13(10-16(17)21)9-15-18(25)23-20(27)24(19(15)26)14-5-4-8-22-11-14/h4-12H,3H2,1-2H3,(H,23,25,27)/b15-9-. The van der Waals surface area contributed by atoms with Gasteiger partial charge in [-0.1, -0.05) is 24.6 Å². The minimum Gasteiger partial charge on any atom is -0.489 e. The highest BCUT2D eigenvalue weighted by Crippen LogP contribution is 2.28. The van der Waals surface area contributed by atoms with Crippen molar-refractivity contribution in [2.45, 2.75) is 26.4 Å². The van der Waals surface area contributed by atoms with Gasteiger partial charge in [0.05, 0.1) is 23.0 Å². The van der Waals surface area contributed by atoms with Gasteiger partial charge in [0.25, 0.3) is 11.8 Å². The Kier molecular flexibility index (Phi) is 5.75. The maximum Gasteiger partial charge on any atom is 0.336 e. The molecule has 1 saturated heterocycles. The topological polar surface area (TPSA) is 88.6 Å². The molecule has 1 aliphatic rings. The quantitative estimate of drug-likeness (QED) is 0.613. The van der Waals surface area contributed by atoms with Crippen molar-refractivity contribution in [3.63, 3.8) is 0 Å². The van der Waals surface area contributed by atoms with E-state index in [1.807, 2.05) is 13.8 Å². The molecule has 2 heterocycles. The number of nitrogens with zero attached hydrogens (tertiary/aromatic N) is 2. The Morgan fingerprint density at radius 1 is 1.29 bits per heavy atom. The Morgan fingerprint density at radius 3 is 2.71 bits per heavy atom. The number of benzene rings is 1. The number of carbonyl (C=O) groups is 3. The second kappa shape index (κ2) is 8.22. The van der Waals surface area contributed by atoms with E-state index in [1.54, 1.807) is 30.3 Å². The fourth-order valence-electron chi connectivity index (χ4n) is 2.55. The number of halogens is 1. The molecule has 0 bridgehead atoms. The zero-order valence-electron chi connectivity index (χ0n) is 15.3. The molecule has 0 spiro atoms. The lowest BCUT2D eigenvalue weighted by Gasteiger charge is -2.26. The van der Waals surface area contributed by atoms with Crippen LogP contribution < -0.4 is 15.0 Å². The SMILES string of the molecule is CCC(C)Oc1ccc(/C=C2/C(=O)NC(=O)N(c3cccnc3)C2=O)cc1Cl. The lowest BCUT2D eigenvalue weighted by atomic mass is 10.1. The van der Waals surface area contributed by atoms with Crippen molar-refractivity contribution >= 4 is 41.2 Å². The fourth-order valence-corrected chi connectivity index (χ4v) is 2.78. The van der Waals surface area contributed by atoms with Gasteiger partial charge in [0, 0.05) is 6.20 Å². The summed E-state index contributed by atoms with van der Waals surface area (Å²) in [7, 11) is 0. The number of carbonyl (C=O) groups excluding carboxylic acids is 3. The molecular weight excluding hydrogens is 382 g/mol. The number of barbiturate groups is 1. The third-order valence-corrected chi connectivity index (χ3v) is 4.47. The van der Waals surface area contributed by atoms with Gasteiger partial charge in [0.1, 0.15) is 11.3 Å². The molecule has 1 fully saturated rings. The minimum absolute atomic E-state index is 0.00598. The number of amides is 4. The third-order valence-electron chi connectivity index (χ3n) is 4.18. The highest BCUT2D eigenvalue weighted by molar-refractivity contribution is 6.39. The molecule has 0 aliphatic carbocycles. The predicted octanol–water partition coefficient (Wildman–Crippen LogP) is 3.58. The van der Waals surface area contributed by atoms with Gasteiger partial charge in [0.15, 0.2) is 0 Å². The monoisotopic (exact) mass is 399 g/mol. The van der Waals surface area contributed by atoms with Crippen LogP contribution in [0.2, 0.25) is 5.02 Å². The molecule has 8 heteroatoms. The molecule has 28 heavy (non-hydrogen) atoms. The van der Waals surface area contributed by atoms with Crippen molar-refractivity contribution in [3.05, 3.63) is 58.9 Å². The smallest absolute Gasteiger partial charge is 0.336 e. The van der Waals surface area contributed by atoms with E-state index >= 15 is 0 Å². The van der Waals surface area contributed by atoms with Gasteiger partial charge in [-0.25, -0.2) is 9.69 Å². The van der Waals surface area contributed by atoms with Crippen LogP contribution in [0, 0.1) is 0 Å². The Bertz CT molecular complexity index is 959. The van der Waals surface area contributed by atoms with E-state index in [2.05, 4.69) is 10.3 Å². The first-order valence-electron chi connectivity index (χ1n) is 8.68. The second-order valence-electron chi connectivity index (χ2n) is 6.20. The number of urea groups is 1. The van der Waals surface area contributed by atoms with Crippen molar-refractivity contribution < 1.29 is 19.1 Å². The van der Waals surface area contributed by atoms with E-state index in [4.69, 9.17) is 16.3 Å². The zero-order chi connectivity index (χ0) is 20.3. The Labute approximate surface area is 167 Å².